The van der Waals surface area contributed by atoms with E-state index in [0.717, 1.165) is 96.3 Å². The molecule has 72 heavy (non-hydrogen) atoms. The van der Waals surface area contributed by atoms with Crippen LogP contribution in [0.1, 0.15) is 251 Å². The lowest BCUT2D eigenvalue weighted by atomic mass is 10.0. The van der Waals surface area contributed by atoms with Gasteiger partial charge in [0.1, 0.15) is 6.61 Å². The lowest BCUT2D eigenvalue weighted by molar-refractivity contribution is -0.161. The fraction of sp³-hybridized carbons (Fsp3) is 0.710. The van der Waals surface area contributed by atoms with Gasteiger partial charge in [-0.05, 0) is 77.0 Å². The number of ether oxygens (including phenoxy) is 2. The van der Waals surface area contributed by atoms with E-state index in [1.807, 2.05) is 0 Å². The third kappa shape index (κ3) is 56.2. The van der Waals surface area contributed by atoms with Gasteiger partial charge in [-0.15, -0.1) is 0 Å². The van der Waals surface area contributed by atoms with E-state index in [1.165, 1.54) is 122 Å². The van der Waals surface area contributed by atoms with Crippen molar-refractivity contribution in [2.45, 2.75) is 258 Å². The molecule has 0 rings (SSSR count). The minimum absolute atomic E-state index is 0.0451. The summed E-state index contributed by atoms with van der Waals surface area (Å²) >= 11 is 0. The van der Waals surface area contributed by atoms with Gasteiger partial charge in [0.25, 0.3) is 0 Å². The van der Waals surface area contributed by atoms with Gasteiger partial charge in [-0.1, -0.05) is 259 Å². The molecule has 0 aliphatic carbocycles. The van der Waals surface area contributed by atoms with E-state index >= 15 is 0 Å². The van der Waals surface area contributed by atoms with Crippen LogP contribution in [0.15, 0.2) is 97.2 Å². The number of hydrogen-bond donors (Lipinski definition) is 2. The van der Waals surface area contributed by atoms with Crippen LogP contribution in [0.3, 0.4) is 0 Å². The minimum atomic E-state index is -4.40. The molecular formula is C62H108NO8P. The smallest absolute Gasteiger partial charge is 0.462 e. The fourth-order valence-corrected chi connectivity index (χ4v) is 8.71. The number of nitrogens with two attached hydrogens (primary N) is 1. The van der Waals surface area contributed by atoms with Gasteiger partial charge in [0.2, 0.25) is 0 Å². The SMILES string of the molecule is CC/C=C\C/C=C\C/C=C\C/C=C\C/C=C\C/C=C\C/C=C\C/C=C\CCCCCCC(=O)OC(COC(=O)CCCCCCCCCCCCCCCCCCCCCCCC)COP(=O)(O)OCCN. The van der Waals surface area contributed by atoms with Crippen LogP contribution in [-0.2, 0) is 32.7 Å². The third-order valence-corrected chi connectivity index (χ3v) is 13.2. The molecule has 2 unspecified atom stereocenters. The lowest BCUT2D eigenvalue weighted by Gasteiger charge is -2.19. The molecule has 0 amide bonds. The summed E-state index contributed by atoms with van der Waals surface area (Å²) in [5.41, 5.74) is 5.38. The van der Waals surface area contributed by atoms with Crippen molar-refractivity contribution >= 4 is 19.8 Å². The van der Waals surface area contributed by atoms with Gasteiger partial charge in [-0.3, -0.25) is 18.6 Å². The number of carbonyl (C=O) groups excluding carboxylic acids is 2. The van der Waals surface area contributed by atoms with Gasteiger partial charge in [0, 0.05) is 19.4 Å². The molecular weight excluding hydrogens is 918 g/mol. The Hall–Kier alpha value is -3.07. The van der Waals surface area contributed by atoms with Crippen molar-refractivity contribution < 1.29 is 37.6 Å². The Morgan fingerprint density at radius 2 is 0.764 bits per heavy atom. The Morgan fingerprint density at radius 1 is 0.431 bits per heavy atom. The van der Waals surface area contributed by atoms with Gasteiger partial charge in [-0.25, -0.2) is 4.57 Å². The van der Waals surface area contributed by atoms with Crippen LogP contribution in [0, 0.1) is 0 Å². The van der Waals surface area contributed by atoms with Crippen LogP contribution in [0.4, 0.5) is 0 Å². The number of allylic oxidation sites excluding steroid dienone is 16. The van der Waals surface area contributed by atoms with E-state index in [9.17, 15) is 19.0 Å². The van der Waals surface area contributed by atoms with Crippen molar-refractivity contribution in [3.8, 4) is 0 Å². The van der Waals surface area contributed by atoms with Crippen LogP contribution in [0.2, 0.25) is 0 Å². The maximum absolute atomic E-state index is 12.7. The summed E-state index contributed by atoms with van der Waals surface area (Å²) in [5, 5.41) is 0. The van der Waals surface area contributed by atoms with E-state index in [0.29, 0.717) is 6.42 Å². The second-order valence-corrected chi connectivity index (χ2v) is 20.6. The van der Waals surface area contributed by atoms with Crippen molar-refractivity contribution in [2.75, 3.05) is 26.4 Å². The average molecular weight is 1030 g/mol. The molecule has 0 aliphatic rings. The number of esters is 2. The van der Waals surface area contributed by atoms with Gasteiger partial charge < -0.3 is 20.1 Å². The van der Waals surface area contributed by atoms with Crippen molar-refractivity contribution in [1.29, 1.82) is 0 Å². The highest BCUT2D eigenvalue weighted by atomic mass is 31.2. The Balaban J connectivity index is 4.07. The van der Waals surface area contributed by atoms with E-state index < -0.39 is 26.5 Å². The molecule has 0 fully saturated rings. The first-order valence-electron chi connectivity index (χ1n) is 29.2. The largest absolute Gasteiger partial charge is 0.472 e. The van der Waals surface area contributed by atoms with Gasteiger partial charge >= 0.3 is 19.8 Å². The molecule has 9 nitrogen and oxygen atoms in total. The molecule has 0 heterocycles. The summed E-state index contributed by atoms with van der Waals surface area (Å²) in [6, 6.07) is 0. The molecule has 0 aromatic heterocycles. The first-order chi connectivity index (χ1) is 35.3. The van der Waals surface area contributed by atoms with Gasteiger partial charge in [0.05, 0.1) is 13.2 Å². The molecule has 0 bridgehead atoms. The Bertz CT molecular complexity index is 1500. The zero-order valence-electron chi connectivity index (χ0n) is 46.1. The second-order valence-electron chi connectivity index (χ2n) is 19.1. The standard InChI is InChI=1S/C62H108NO8P/c1-3-5-7-9-11-13-15-17-19-21-23-25-27-28-29-30-31-32-33-35-37-39-41-43-45-47-49-51-53-55-62(65)71-60(59-70-72(66,67)69-57-56-63)58-68-61(64)54-52-50-48-46-44-42-40-38-36-34-26-24-22-20-18-16-14-12-10-8-6-4-2/h5,7,11,13,17,19,23,25,28-29,31-32,35,37,41,43,60H,3-4,6,8-10,12,14-16,18,20-22,24,26-27,30,33-34,36,38-40,42,44-59,63H2,1-2H3,(H,66,67)/b7-5-,13-11-,19-17-,25-23-,29-28-,32-31-,37-35-,43-41-. The molecule has 3 N–H and O–H groups in total. The number of phosphoric acid groups is 1. The zero-order valence-corrected chi connectivity index (χ0v) is 47.0. The zero-order chi connectivity index (χ0) is 52.4. The predicted molar refractivity (Wildman–Crippen MR) is 307 cm³/mol. The summed E-state index contributed by atoms with van der Waals surface area (Å²) in [5.74, 6) is -0.854. The minimum Gasteiger partial charge on any atom is -0.462 e. The van der Waals surface area contributed by atoms with E-state index in [1.54, 1.807) is 0 Å². The quantitative estimate of drug-likeness (QED) is 0.0264. The highest BCUT2D eigenvalue weighted by molar-refractivity contribution is 7.47. The Labute approximate surface area is 442 Å². The molecule has 2 atom stereocenters. The van der Waals surface area contributed by atoms with Gasteiger partial charge in [-0.2, -0.15) is 0 Å². The van der Waals surface area contributed by atoms with Crippen molar-refractivity contribution in [3.63, 3.8) is 0 Å². The molecule has 0 aromatic rings. The van der Waals surface area contributed by atoms with E-state index in [-0.39, 0.29) is 38.6 Å². The molecule has 0 saturated carbocycles. The maximum atomic E-state index is 12.7. The molecule has 0 aromatic carbocycles. The summed E-state index contributed by atoms with van der Waals surface area (Å²) in [7, 11) is -4.40. The summed E-state index contributed by atoms with van der Waals surface area (Å²) in [6.45, 7) is 3.62. The molecule has 0 saturated heterocycles. The summed E-state index contributed by atoms with van der Waals surface area (Å²) in [4.78, 5) is 35.2. The van der Waals surface area contributed by atoms with E-state index in [2.05, 4.69) is 111 Å². The summed E-state index contributed by atoms with van der Waals surface area (Å²) < 4.78 is 33.0. The Kier molecular flexibility index (Phi) is 54.8. The number of unbranched alkanes of at least 4 members (excludes halogenated alkanes) is 25. The molecule has 0 aliphatic heterocycles. The van der Waals surface area contributed by atoms with Crippen LogP contribution < -0.4 is 5.73 Å². The molecule has 0 spiro atoms. The predicted octanol–water partition coefficient (Wildman–Crippen LogP) is 18.5. The number of rotatable bonds is 54. The van der Waals surface area contributed by atoms with Crippen molar-refractivity contribution in [3.05, 3.63) is 97.2 Å². The number of hydrogen-bond acceptors (Lipinski definition) is 8. The first kappa shape index (κ1) is 68.9. The molecule has 10 heteroatoms. The normalized spacial score (nSPS) is 13.8. The average Bonchev–Trinajstić information content (AvgIpc) is 3.37. The summed E-state index contributed by atoms with van der Waals surface area (Å²) in [6.07, 6.45) is 76.0. The fourth-order valence-electron chi connectivity index (χ4n) is 7.95. The second kappa shape index (κ2) is 57.2. The lowest BCUT2D eigenvalue weighted by Crippen LogP contribution is -2.29. The number of carbonyl (C=O) groups is 2. The molecule has 0 radical (unpaired) electrons. The third-order valence-electron chi connectivity index (χ3n) is 12.2. The molecule has 414 valence electrons. The Morgan fingerprint density at radius 3 is 1.14 bits per heavy atom. The van der Waals surface area contributed by atoms with Crippen LogP contribution in [0.5, 0.6) is 0 Å². The van der Waals surface area contributed by atoms with Crippen LogP contribution in [0.25, 0.3) is 0 Å². The monoisotopic (exact) mass is 1030 g/mol. The highest BCUT2D eigenvalue weighted by Gasteiger charge is 2.26. The van der Waals surface area contributed by atoms with Crippen molar-refractivity contribution in [1.82, 2.24) is 0 Å². The maximum Gasteiger partial charge on any atom is 0.472 e. The van der Waals surface area contributed by atoms with Crippen LogP contribution in [-0.4, -0.2) is 49.3 Å². The van der Waals surface area contributed by atoms with Crippen molar-refractivity contribution in [2.24, 2.45) is 5.73 Å². The highest BCUT2D eigenvalue weighted by Crippen LogP contribution is 2.43. The van der Waals surface area contributed by atoms with Gasteiger partial charge in [0.15, 0.2) is 6.10 Å². The van der Waals surface area contributed by atoms with Crippen LogP contribution >= 0.6 is 7.82 Å². The number of phosphoric ester groups is 1. The van der Waals surface area contributed by atoms with E-state index in [4.69, 9.17) is 24.3 Å². The topological polar surface area (TPSA) is 134 Å². The first-order valence-corrected chi connectivity index (χ1v) is 30.7.